The molecule has 1 heterocycles. The van der Waals surface area contributed by atoms with Gasteiger partial charge in [-0.05, 0) is 55.0 Å². The number of nitrogens with one attached hydrogen (secondary N) is 1. The van der Waals surface area contributed by atoms with Gasteiger partial charge in [0.2, 0.25) is 0 Å². The predicted molar refractivity (Wildman–Crippen MR) is 134 cm³/mol. The van der Waals surface area contributed by atoms with Crippen LogP contribution < -0.4 is 14.8 Å². The minimum atomic E-state index is -4.33. The predicted octanol–water partition coefficient (Wildman–Crippen LogP) is 6.04. The standard InChI is InChI=1S/C26H25F3N2O5S/c1-3-35-24(32)13-17-4-6-22(34-2)23(12-17)36-21-7-5-20(14-19(21)15-37-16-26(27,28)29)31-25(33)18-8-10-30-11-9-18/h4-12,14H,3,13,15-16H2,1-2H3,(H,31,33). The zero-order chi connectivity index (χ0) is 26.8. The monoisotopic (exact) mass is 534 g/mol. The zero-order valence-corrected chi connectivity index (χ0v) is 20.9. The van der Waals surface area contributed by atoms with Gasteiger partial charge in [0.15, 0.2) is 11.5 Å². The summed E-state index contributed by atoms with van der Waals surface area (Å²) in [6.45, 7) is 1.96. The number of ether oxygens (including phenoxy) is 3. The van der Waals surface area contributed by atoms with Crippen molar-refractivity contribution in [2.45, 2.75) is 25.3 Å². The number of methoxy groups -OCH3 is 1. The summed E-state index contributed by atoms with van der Waals surface area (Å²) in [6.07, 6.45) is -1.35. The van der Waals surface area contributed by atoms with Crippen molar-refractivity contribution in [1.82, 2.24) is 4.98 Å². The number of aromatic nitrogens is 1. The number of nitrogens with zero attached hydrogens (tertiary/aromatic N) is 1. The number of hydrogen-bond acceptors (Lipinski definition) is 7. The highest BCUT2D eigenvalue weighted by Crippen LogP contribution is 2.37. The van der Waals surface area contributed by atoms with Crippen molar-refractivity contribution in [2.75, 3.05) is 24.8 Å². The second kappa shape index (κ2) is 13.0. The van der Waals surface area contributed by atoms with Gasteiger partial charge in [0, 0.05) is 35.0 Å². The van der Waals surface area contributed by atoms with Crippen LogP contribution in [0.25, 0.3) is 0 Å². The maximum absolute atomic E-state index is 12.8. The van der Waals surface area contributed by atoms with Gasteiger partial charge in [0.25, 0.3) is 5.91 Å². The van der Waals surface area contributed by atoms with Gasteiger partial charge in [0.05, 0.1) is 25.9 Å². The van der Waals surface area contributed by atoms with Crippen molar-refractivity contribution in [3.05, 3.63) is 77.6 Å². The van der Waals surface area contributed by atoms with Crippen LogP contribution in [0.15, 0.2) is 60.9 Å². The molecule has 11 heteroatoms. The molecule has 0 radical (unpaired) electrons. The molecule has 3 rings (SSSR count). The summed E-state index contributed by atoms with van der Waals surface area (Å²) in [4.78, 5) is 28.3. The van der Waals surface area contributed by atoms with Crippen molar-refractivity contribution in [2.24, 2.45) is 0 Å². The molecular formula is C26H25F3N2O5S. The van der Waals surface area contributed by atoms with Crippen molar-refractivity contribution >= 4 is 29.3 Å². The Morgan fingerprint density at radius 1 is 1.00 bits per heavy atom. The van der Waals surface area contributed by atoms with Crippen LogP contribution in [-0.4, -0.2) is 42.5 Å². The second-order valence-corrected chi connectivity index (χ2v) is 8.68. The van der Waals surface area contributed by atoms with E-state index in [-0.39, 0.29) is 30.3 Å². The van der Waals surface area contributed by atoms with Crippen LogP contribution in [0.5, 0.6) is 17.2 Å². The lowest BCUT2D eigenvalue weighted by atomic mass is 10.1. The smallest absolute Gasteiger partial charge is 0.397 e. The number of pyridine rings is 1. The molecule has 0 saturated carbocycles. The molecule has 0 aliphatic heterocycles. The Kier molecular flexibility index (Phi) is 9.78. The highest BCUT2D eigenvalue weighted by Gasteiger charge is 2.27. The summed E-state index contributed by atoms with van der Waals surface area (Å²) in [5.74, 6) is -0.938. The van der Waals surface area contributed by atoms with E-state index in [0.29, 0.717) is 39.9 Å². The molecule has 0 aliphatic carbocycles. The number of thioether (sulfide) groups is 1. The van der Waals surface area contributed by atoms with Crippen LogP contribution in [0.4, 0.5) is 18.9 Å². The maximum Gasteiger partial charge on any atom is 0.397 e. The molecule has 2 aromatic carbocycles. The summed E-state index contributed by atoms with van der Waals surface area (Å²) >= 11 is 0.671. The molecule has 0 aliphatic rings. The summed E-state index contributed by atoms with van der Waals surface area (Å²) in [5, 5.41) is 2.73. The molecule has 0 bridgehead atoms. The molecule has 0 saturated heterocycles. The molecule has 1 aromatic heterocycles. The fourth-order valence-electron chi connectivity index (χ4n) is 3.26. The highest BCUT2D eigenvalue weighted by molar-refractivity contribution is 7.98. The minimum absolute atomic E-state index is 0.0163. The summed E-state index contributed by atoms with van der Waals surface area (Å²) in [7, 11) is 1.45. The maximum atomic E-state index is 12.8. The number of carbonyl (C=O) groups is 2. The van der Waals surface area contributed by atoms with E-state index < -0.39 is 23.8 Å². The lowest BCUT2D eigenvalue weighted by Gasteiger charge is -2.16. The third-order valence-electron chi connectivity index (χ3n) is 4.89. The van der Waals surface area contributed by atoms with Crippen molar-refractivity contribution in [1.29, 1.82) is 0 Å². The molecule has 0 atom stereocenters. The number of esters is 1. The van der Waals surface area contributed by atoms with Gasteiger partial charge in [-0.3, -0.25) is 14.6 Å². The average Bonchev–Trinajstić information content (AvgIpc) is 2.85. The van der Waals surface area contributed by atoms with Gasteiger partial charge >= 0.3 is 12.1 Å². The summed E-state index contributed by atoms with van der Waals surface area (Å²) in [5.41, 5.74) is 1.81. The Hall–Kier alpha value is -3.73. The summed E-state index contributed by atoms with van der Waals surface area (Å²) < 4.78 is 54.7. The molecule has 0 spiro atoms. The number of hydrogen-bond donors (Lipinski definition) is 1. The fraction of sp³-hybridized carbons (Fsp3) is 0.269. The third kappa shape index (κ3) is 8.71. The molecule has 196 valence electrons. The highest BCUT2D eigenvalue weighted by atomic mass is 32.2. The van der Waals surface area contributed by atoms with Crippen LogP contribution in [0.2, 0.25) is 0 Å². The minimum Gasteiger partial charge on any atom is -0.493 e. The first-order valence-corrected chi connectivity index (χ1v) is 12.3. The first kappa shape index (κ1) is 27.9. The van der Waals surface area contributed by atoms with E-state index in [2.05, 4.69) is 10.3 Å². The quantitative estimate of drug-likeness (QED) is 0.300. The Morgan fingerprint density at radius 3 is 2.41 bits per heavy atom. The van der Waals surface area contributed by atoms with E-state index in [4.69, 9.17) is 14.2 Å². The first-order valence-electron chi connectivity index (χ1n) is 11.2. The van der Waals surface area contributed by atoms with Crippen molar-refractivity contribution < 1.29 is 37.0 Å². The zero-order valence-electron chi connectivity index (χ0n) is 20.1. The number of alkyl halides is 3. The van der Waals surface area contributed by atoms with E-state index in [9.17, 15) is 22.8 Å². The lowest BCUT2D eigenvalue weighted by Crippen LogP contribution is -2.12. The van der Waals surface area contributed by atoms with E-state index in [1.54, 1.807) is 55.5 Å². The van der Waals surface area contributed by atoms with Gasteiger partial charge in [-0.25, -0.2) is 0 Å². The summed E-state index contributed by atoms with van der Waals surface area (Å²) in [6, 6.07) is 12.7. The van der Waals surface area contributed by atoms with Gasteiger partial charge in [0.1, 0.15) is 5.75 Å². The number of carbonyl (C=O) groups excluding carboxylic acids is 2. The van der Waals surface area contributed by atoms with E-state index in [0.717, 1.165) is 0 Å². The number of anilines is 1. The SMILES string of the molecule is CCOC(=O)Cc1ccc(OC)c(Oc2ccc(NC(=O)c3ccncc3)cc2CSCC(F)(F)F)c1. The van der Waals surface area contributed by atoms with Crippen molar-refractivity contribution in [3.63, 3.8) is 0 Å². The number of amides is 1. The number of rotatable bonds is 11. The van der Waals surface area contributed by atoms with Gasteiger partial charge in [-0.1, -0.05) is 6.07 Å². The van der Waals surface area contributed by atoms with E-state index >= 15 is 0 Å². The molecular weight excluding hydrogens is 509 g/mol. The number of halogens is 3. The topological polar surface area (TPSA) is 86.8 Å². The molecule has 1 N–H and O–H groups in total. The van der Waals surface area contributed by atoms with Gasteiger partial charge in [-0.15, -0.1) is 11.8 Å². The largest absolute Gasteiger partial charge is 0.493 e. The molecule has 7 nitrogen and oxygen atoms in total. The van der Waals surface area contributed by atoms with Crippen LogP contribution >= 0.6 is 11.8 Å². The Labute approximate surface area is 216 Å². The molecule has 1 amide bonds. The van der Waals surface area contributed by atoms with Crippen LogP contribution in [0.1, 0.15) is 28.4 Å². The lowest BCUT2D eigenvalue weighted by molar-refractivity contribution is -0.142. The number of benzene rings is 2. The fourth-order valence-corrected chi connectivity index (χ4v) is 4.04. The van der Waals surface area contributed by atoms with E-state index in [1.807, 2.05) is 0 Å². The molecule has 0 unspecified atom stereocenters. The van der Waals surface area contributed by atoms with E-state index in [1.165, 1.54) is 19.5 Å². The van der Waals surface area contributed by atoms with Gasteiger partial charge in [-0.2, -0.15) is 13.2 Å². The van der Waals surface area contributed by atoms with Crippen LogP contribution in [0, 0.1) is 0 Å². The second-order valence-electron chi connectivity index (χ2n) is 7.69. The molecule has 0 fully saturated rings. The molecule has 3 aromatic rings. The average molecular weight is 535 g/mol. The normalized spacial score (nSPS) is 11.1. The van der Waals surface area contributed by atoms with Crippen LogP contribution in [-0.2, 0) is 21.7 Å². The molecule has 37 heavy (non-hydrogen) atoms. The Morgan fingerprint density at radius 2 is 1.73 bits per heavy atom. The van der Waals surface area contributed by atoms with Gasteiger partial charge < -0.3 is 19.5 Å². The Bertz CT molecular complexity index is 1220. The Balaban J connectivity index is 1.88. The first-order chi connectivity index (χ1) is 17.7. The van der Waals surface area contributed by atoms with Crippen molar-refractivity contribution in [3.8, 4) is 17.2 Å². The van der Waals surface area contributed by atoms with Crippen LogP contribution in [0.3, 0.4) is 0 Å². The third-order valence-corrected chi connectivity index (χ3v) is 5.93.